The normalized spacial score (nSPS) is 14.9. The third-order valence-electron chi connectivity index (χ3n) is 2.03. The molecule has 0 aliphatic heterocycles. The number of hydrogen-bond acceptors (Lipinski definition) is 3. The minimum absolute atomic E-state index is 0.215. The van der Waals surface area contributed by atoms with E-state index in [4.69, 9.17) is 4.42 Å². The van der Waals surface area contributed by atoms with Crippen LogP contribution in [0.2, 0.25) is 0 Å². The summed E-state index contributed by atoms with van der Waals surface area (Å²) in [6.07, 6.45) is 6.06. The molecule has 0 saturated heterocycles. The molecule has 68 valence electrons. The van der Waals surface area contributed by atoms with E-state index >= 15 is 0 Å². The summed E-state index contributed by atoms with van der Waals surface area (Å²) in [6.45, 7) is 0. The van der Waals surface area contributed by atoms with E-state index in [2.05, 4.69) is 10.5 Å². The molecular weight excluding hydrogens is 168 g/mol. The van der Waals surface area contributed by atoms with E-state index in [1.807, 2.05) is 0 Å². The van der Waals surface area contributed by atoms with Crippen molar-refractivity contribution in [2.24, 2.45) is 5.10 Å². The van der Waals surface area contributed by atoms with Crippen molar-refractivity contribution < 1.29 is 9.21 Å². The second-order valence-corrected chi connectivity index (χ2v) is 2.98. The van der Waals surface area contributed by atoms with Gasteiger partial charge >= 0.3 is 0 Å². The molecule has 1 amide bonds. The van der Waals surface area contributed by atoms with Crippen LogP contribution in [0.5, 0.6) is 0 Å². The van der Waals surface area contributed by atoms with Gasteiger partial charge < -0.3 is 4.42 Å². The predicted octanol–water partition coefficient (Wildman–Crippen LogP) is 1.55. The zero-order valence-electron chi connectivity index (χ0n) is 7.12. The van der Waals surface area contributed by atoms with Crippen molar-refractivity contribution in [3.05, 3.63) is 24.2 Å². The van der Waals surface area contributed by atoms with Crippen molar-refractivity contribution in [3.8, 4) is 0 Å². The first-order chi connectivity index (χ1) is 6.36. The van der Waals surface area contributed by atoms with Gasteiger partial charge in [0, 0.05) is 5.71 Å². The average molecular weight is 178 g/mol. The van der Waals surface area contributed by atoms with Gasteiger partial charge in [0.05, 0.1) is 11.8 Å². The van der Waals surface area contributed by atoms with E-state index in [1.54, 1.807) is 6.07 Å². The molecule has 1 fully saturated rings. The minimum Gasteiger partial charge on any atom is -0.472 e. The van der Waals surface area contributed by atoms with Gasteiger partial charge in [-0.15, -0.1) is 0 Å². The molecule has 2 rings (SSSR count). The van der Waals surface area contributed by atoms with Crippen LogP contribution in [-0.2, 0) is 0 Å². The Bertz CT molecular complexity index is 321. The van der Waals surface area contributed by atoms with Crippen LogP contribution in [-0.4, -0.2) is 11.6 Å². The van der Waals surface area contributed by atoms with Crippen molar-refractivity contribution >= 4 is 11.6 Å². The Morgan fingerprint density at radius 1 is 1.54 bits per heavy atom. The Morgan fingerprint density at radius 3 is 2.92 bits per heavy atom. The summed E-state index contributed by atoms with van der Waals surface area (Å²) in [7, 11) is 0. The lowest BCUT2D eigenvalue weighted by molar-refractivity contribution is 0.0954. The molecule has 1 aliphatic rings. The fourth-order valence-electron chi connectivity index (χ4n) is 1.03. The Hall–Kier alpha value is -1.58. The van der Waals surface area contributed by atoms with E-state index in [9.17, 15) is 4.79 Å². The first-order valence-corrected chi connectivity index (χ1v) is 4.24. The second kappa shape index (κ2) is 3.43. The van der Waals surface area contributed by atoms with E-state index in [0.29, 0.717) is 5.56 Å². The molecule has 0 unspecified atom stereocenters. The number of hydrogen-bond donors (Lipinski definition) is 1. The van der Waals surface area contributed by atoms with Crippen LogP contribution in [0.15, 0.2) is 28.1 Å². The molecule has 1 N–H and O–H groups in total. The summed E-state index contributed by atoms with van der Waals surface area (Å²) in [6, 6.07) is 1.61. The van der Waals surface area contributed by atoms with E-state index < -0.39 is 0 Å². The number of rotatable bonds is 2. The van der Waals surface area contributed by atoms with Crippen molar-refractivity contribution in [2.45, 2.75) is 19.3 Å². The van der Waals surface area contributed by atoms with Crippen molar-refractivity contribution in [1.82, 2.24) is 5.43 Å². The van der Waals surface area contributed by atoms with E-state index in [1.165, 1.54) is 18.9 Å². The third-order valence-corrected chi connectivity index (χ3v) is 2.03. The smallest absolute Gasteiger partial charge is 0.274 e. The zero-order valence-corrected chi connectivity index (χ0v) is 7.12. The number of nitrogens with zero attached hydrogens (tertiary/aromatic N) is 1. The Kier molecular flexibility index (Phi) is 2.12. The number of nitrogens with one attached hydrogen (secondary N) is 1. The molecular formula is C9H10N2O2. The Balaban J connectivity index is 1.92. The fraction of sp³-hybridized carbons (Fsp3) is 0.333. The highest BCUT2D eigenvalue weighted by atomic mass is 16.3. The van der Waals surface area contributed by atoms with Crippen LogP contribution in [0.4, 0.5) is 0 Å². The summed E-state index contributed by atoms with van der Waals surface area (Å²) in [5.41, 5.74) is 4.05. The van der Waals surface area contributed by atoms with Crippen LogP contribution in [0.25, 0.3) is 0 Å². The van der Waals surface area contributed by atoms with Gasteiger partial charge in [-0.25, -0.2) is 5.43 Å². The number of furan rings is 1. The molecule has 0 radical (unpaired) electrons. The van der Waals surface area contributed by atoms with Gasteiger partial charge in [0.15, 0.2) is 0 Å². The quantitative estimate of drug-likeness (QED) is 0.698. The molecule has 13 heavy (non-hydrogen) atoms. The lowest BCUT2D eigenvalue weighted by Gasteiger charge is -2.13. The van der Waals surface area contributed by atoms with Gasteiger partial charge in [0.2, 0.25) is 0 Å². The molecule has 0 bridgehead atoms. The van der Waals surface area contributed by atoms with Crippen LogP contribution < -0.4 is 5.43 Å². The average Bonchev–Trinajstić information content (AvgIpc) is 2.52. The summed E-state index contributed by atoms with van der Waals surface area (Å²) >= 11 is 0. The van der Waals surface area contributed by atoms with E-state index in [-0.39, 0.29) is 5.91 Å². The summed E-state index contributed by atoms with van der Waals surface area (Å²) in [5.74, 6) is -0.215. The minimum atomic E-state index is -0.215. The van der Waals surface area contributed by atoms with Gasteiger partial charge in [-0.2, -0.15) is 5.10 Å². The molecule has 4 nitrogen and oxygen atoms in total. The highest BCUT2D eigenvalue weighted by Gasteiger charge is 2.11. The molecule has 1 aliphatic carbocycles. The molecule has 4 heteroatoms. The standard InChI is InChI=1S/C9H10N2O2/c12-9(7-4-5-13-6-7)11-10-8-2-1-3-8/h4-6H,1-3H2,(H,11,12). The maximum Gasteiger partial charge on any atom is 0.274 e. The molecule has 1 aromatic rings. The van der Waals surface area contributed by atoms with Crippen LogP contribution >= 0.6 is 0 Å². The molecule has 1 heterocycles. The number of amides is 1. The highest BCUT2D eigenvalue weighted by Crippen LogP contribution is 2.13. The summed E-state index contributed by atoms with van der Waals surface area (Å²) in [5, 5.41) is 3.96. The maximum atomic E-state index is 11.3. The van der Waals surface area contributed by atoms with Crippen molar-refractivity contribution in [1.29, 1.82) is 0 Å². The maximum absolute atomic E-state index is 11.3. The summed E-state index contributed by atoms with van der Waals surface area (Å²) < 4.78 is 4.77. The van der Waals surface area contributed by atoms with Crippen LogP contribution in [0, 0.1) is 0 Å². The van der Waals surface area contributed by atoms with Gasteiger partial charge in [-0.1, -0.05) is 0 Å². The molecule has 1 aromatic heterocycles. The van der Waals surface area contributed by atoms with Gasteiger partial charge in [0.1, 0.15) is 6.26 Å². The van der Waals surface area contributed by atoms with E-state index in [0.717, 1.165) is 18.6 Å². The van der Waals surface area contributed by atoms with Crippen LogP contribution in [0.3, 0.4) is 0 Å². The predicted molar refractivity (Wildman–Crippen MR) is 47.5 cm³/mol. The first kappa shape index (κ1) is 8.04. The molecule has 0 atom stereocenters. The SMILES string of the molecule is O=C(NN=C1CCC1)c1ccoc1. The highest BCUT2D eigenvalue weighted by molar-refractivity contribution is 5.95. The molecule has 1 saturated carbocycles. The lowest BCUT2D eigenvalue weighted by Crippen LogP contribution is -2.21. The topological polar surface area (TPSA) is 54.6 Å². The molecule has 0 spiro atoms. The lowest BCUT2D eigenvalue weighted by atomic mass is 9.98. The second-order valence-electron chi connectivity index (χ2n) is 2.98. The number of hydrazone groups is 1. The molecule has 0 aromatic carbocycles. The Morgan fingerprint density at radius 2 is 2.38 bits per heavy atom. The van der Waals surface area contributed by atoms with Gasteiger partial charge in [-0.05, 0) is 25.3 Å². The van der Waals surface area contributed by atoms with Gasteiger partial charge in [0.25, 0.3) is 5.91 Å². The Labute approximate surface area is 75.6 Å². The van der Waals surface area contributed by atoms with Crippen molar-refractivity contribution in [3.63, 3.8) is 0 Å². The largest absolute Gasteiger partial charge is 0.472 e. The first-order valence-electron chi connectivity index (χ1n) is 4.24. The third kappa shape index (κ3) is 1.77. The van der Waals surface area contributed by atoms with Crippen molar-refractivity contribution in [2.75, 3.05) is 0 Å². The zero-order chi connectivity index (χ0) is 9.10. The number of carbonyl (C=O) groups is 1. The van der Waals surface area contributed by atoms with Gasteiger partial charge in [-0.3, -0.25) is 4.79 Å². The number of carbonyl (C=O) groups excluding carboxylic acids is 1. The van der Waals surface area contributed by atoms with Crippen LogP contribution in [0.1, 0.15) is 29.6 Å². The monoisotopic (exact) mass is 178 g/mol. The summed E-state index contributed by atoms with van der Waals surface area (Å²) in [4.78, 5) is 11.3. The fourth-order valence-corrected chi connectivity index (χ4v) is 1.03.